The van der Waals surface area contributed by atoms with Crippen LogP contribution in [0.3, 0.4) is 0 Å². The summed E-state index contributed by atoms with van der Waals surface area (Å²) in [6, 6.07) is 8.77. The molecule has 1 aromatic carbocycles. The number of aliphatic hydroxyl groups is 1. The second-order valence-electron chi connectivity index (χ2n) is 5.97. The third kappa shape index (κ3) is 4.03. The highest BCUT2D eigenvalue weighted by atomic mass is 32.1. The van der Waals surface area contributed by atoms with Crippen LogP contribution in [-0.2, 0) is 17.6 Å². The first-order valence-corrected chi connectivity index (χ1v) is 9.88. The lowest BCUT2D eigenvalue weighted by Gasteiger charge is -2.10. The van der Waals surface area contributed by atoms with Crippen molar-refractivity contribution in [1.29, 1.82) is 0 Å². The summed E-state index contributed by atoms with van der Waals surface area (Å²) in [7, 11) is 0. The standard InChI is InChI=1S/C20H25N3O2S/c1-3-14-5-7-15(8-6-14)17-16(4-2)26-20-18(17)19(22-13-23-20)21-9-11-25-12-10-24/h5-8,13,24H,3-4,9-12H2,1-2H3,(H,21,22,23). The van der Waals surface area contributed by atoms with Crippen molar-refractivity contribution in [3.63, 3.8) is 0 Å². The number of hydrogen-bond acceptors (Lipinski definition) is 6. The highest BCUT2D eigenvalue weighted by molar-refractivity contribution is 7.19. The minimum atomic E-state index is 0.0417. The number of benzene rings is 1. The number of nitrogens with one attached hydrogen (secondary N) is 1. The smallest absolute Gasteiger partial charge is 0.138 e. The molecule has 0 unspecified atom stereocenters. The van der Waals surface area contributed by atoms with Gasteiger partial charge in [0, 0.05) is 17.0 Å². The van der Waals surface area contributed by atoms with E-state index >= 15 is 0 Å². The van der Waals surface area contributed by atoms with Gasteiger partial charge in [0.25, 0.3) is 0 Å². The maximum absolute atomic E-state index is 8.79. The number of rotatable bonds is 9. The Morgan fingerprint density at radius 3 is 2.58 bits per heavy atom. The van der Waals surface area contributed by atoms with Gasteiger partial charge in [0.1, 0.15) is 17.0 Å². The van der Waals surface area contributed by atoms with Crippen LogP contribution in [0.25, 0.3) is 21.3 Å². The molecule has 138 valence electrons. The van der Waals surface area contributed by atoms with Crippen molar-refractivity contribution in [3.8, 4) is 11.1 Å². The van der Waals surface area contributed by atoms with Gasteiger partial charge in [-0.15, -0.1) is 11.3 Å². The molecule has 0 radical (unpaired) electrons. The third-order valence-corrected chi connectivity index (χ3v) is 5.55. The summed E-state index contributed by atoms with van der Waals surface area (Å²) < 4.78 is 5.33. The van der Waals surface area contributed by atoms with Gasteiger partial charge in [-0.2, -0.15) is 0 Å². The number of hydrogen-bond donors (Lipinski definition) is 2. The summed E-state index contributed by atoms with van der Waals surface area (Å²) in [5.41, 5.74) is 3.77. The lowest BCUT2D eigenvalue weighted by atomic mass is 10.00. The van der Waals surface area contributed by atoms with Crippen LogP contribution in [-0.4, -0.2) is 41.4 Å². The van der Waals surface area contributed by atoms with Crippen molar-refractivity contribution >= 4 is 27.4 Å². The van der Waals surface area contributed by atoms with Crippen molar-refractivity contribution in [1.82, 2.24) is 9.97 Å². The molecule has 3 rings (SSSR count). The number of anilines is 1. The molecule has 2 aromatic heterocycles. The van der Waals surface area contributed by atoms with Crippen molar-refractivity contribution in [2.24, 2.45) is 0 Å². The summed E-state index contributed by atoms with van der Waals surface area (Å²) >= 11 is 1.73. The molecule has 0 saturated heterocycles. The second-order valence-corrected chi connectivity index (χ2v) is 7.05. The van der Waals surface area contributed by atoms with E-state index in [1.165, 1.54) is 21.6 Å². The number of ether oxygens (including phenoxy) is 1. The van der Waals surface area contributed by atoms with E-state index in [2.05, 4.69) is 53.4 Å². The van der Waals surface area contributed by atoms with Gasteiger partial charge in [0.05, 0.1) is 25.2 Å². The van der Waals surface area contributed by atoms with E-state index in [1.807, 2.05) is 0 Å². The fourth-order valence-corrected chi connectivity index (χ4v) is 4.08. The average molecular weight is 372 g/mol. The van der Waals surface area contributed by atoms with Crippen LogP contribution in [0, 0.1) is 0 Å². The molecule has 5 nitrogen and oxygen atoms in total. The predicted octanol–water partition coefficient (Wildman–Crippen LogP) is 3.90. The van der Waals surface area contributed by atoms with Crippen LogP contribution in [0.2, 0.25) is 0 Å². The van der Waals surface area contributed by atoms with E-state index in [9.17, 15) is 0 Å². The van der Waals surface area contributed by atoms with Crippen LogP contribution >= 0.6 is 11.3 Å². The van der Waals surface area contributed by atoms with Crippen LogP contribution in [0.4, 0.5) is 5.82 Å². The van der Waals surface area contributed by atoms with Gasteiger partial charge in [0.15, 0.2) is 0 Å². The van der Waals surface area contributed by atoms with Gasteiger partial charge in [-0.1, -0.05) is 38.1 Å². The zero-order chi connectivity index (χ0) is 18.4. The quantitative estimate of drug-likeness (QED) is 0.558. The first-order chi connectivity index (χ1) is 12.8. The number of nitrogens with zero attached hydrogens (tertiary/aromatic N) is 2. The second kappa shape index (κ2) is 9.07. The van der Waals surface area contributed by atoms with Crippen molar-refractivity contribution in [2.45, 2.75) is 26.7 Å². The number of thiophene rings is 1. The van der Waals surface area contributed by atoms with Gasteiger partial charge in [-0.25, -0.2) is 9.97 Å². The monoisotopic (exact) mass is 371 g/mol. The molecule has 2 heterocycles. The Balaban J connectivity index is 1.97. The molecule has 0 aliphatic carbocycles. The Labute approximate surface area is 158 Å². The van der Waals surface area contributed by atoms with E-state index in [-0.39, 0.29) is 6.61 Å². The summed E-state index contributed by atoms with van der Waals surface area (Å²) in [5.74, 6) is 0.841. The molecule has 0 aliphatic rings. The van der Waals surface area contributed by atoms with Crippen molar-refractivity contribution in [2.75, 3.05) is 31.7 Å². The SMILES string of the molecule is CCc1ccc(-c2c(CC)sc3ncnc(NCCOCCO)c23)cc1. The number of aryl methyl sites for hydroxylation is 2. The Bertz CT molecular complexity index is 846. The minimum absolute atomic E-state index is 0.0417. The maximum atomic E-state index is 8.79. The summed E-state index contributed by atoms with van der Waals surface area (Å²) in [4.78, 5) is 11.3. The van der Waals surface area contributed by atoms with Gasteiger partial charge in [-0.05, 0) is 24.0 Å². The van der Waals surface area contributed by atoms with E-state index in [4.69, 9.17) is 9.84 Å². The molecule has 3 aromatic rings. The molecule has 0 amide bonds. The first-order valence-electron chi connectivity index (χ1n) is 9.06. The molecular formula is C20H25N3O2S. The summed E-state index contributed by atoms with van der Waals surface area (Å²) in [6.07, 6.45) is 3.61. The van der Waals surface area contributed by atoms with Crippen LogP contribution in [0.5, 0.6) is 0 Å². The normalized spacial score (nSPS) is 11.2. The van der Waals surface area contributed by atoms with Crippen LogP contribution in [0.1, 0.15) is 24.3 Å². The van der Waals surface area contributed by atoms with E-state index in [1.54, 1.807) is 17.7 Å². The Hall–Kier alpha value is -2.02. The van der Waals surface area contributed by atoms with Gasteiger partial charge in [-0.3, -0.25) is 0 Å². The van der Waals surface area contributed by atoms with E-state index in [0.717, 1.165) is 28.9 Å². The first kappa shape index (κ1) is 18.8. The molecule has 0 bridgehead atoms. The molecule has 0 saturated carbocycles. The van der Waals surface area contributed by atoms with Crippen LogP contribution < -0.4 is 5.32 Å². The molecule has 0 aliphatic heterocycles. The minimum Gasteiger partial charge on any atom is -0.394 e. The maximum Gasteiger partial charge on any atom is 0.138 e. The molecular weight excluding hydrogens is 346 g/mol. The van der Waals surface area contributed by atoms with Crippen molar-refractivity contribution < 1.29 is 9.84 Å². The Morgan fingerprint density at radius 1 is 1.08 bits per heavy atom. The highest BCUT2D eigenvalue weighted by Gasteiger charge is 2.17. The molecule has 6 heteroatoms. The molecule has 0 atom stereocenters. The molecule has 2 N–H and O–H groups in total. The lowest BCUT2D eigenvalue weighted by molar-refractivity contribution is 0.0992. The van der Waals surface area contributed by atoms with E-state index in [0.29, 0.717) is 19.8 Å². The number of fused-ring (bicyclic) bond motifs is 1. The topological polar surface area (TPSA) is 67.3 Å². The van der Waals surface area contributed by atoms with Crippen molar-refractivity contribution in [3.05, 3.63) is 41.0 Å². The van der Waals surface area contributed by atoms with Gasteiger partial charge in [0.2, 0.25) is 0 Å². The fourth-order valence-electron chi connectivity index (χ4n) is 2.98. The third-order valence-electron chi connectivity index (χ3n) is 4.31. The number of aliphatic hydroxyl groups excluding tert-OH is 1. The Morgan fingerprint density at radius 2 is 1.88 bits per heavy atom. The van der Waals surface area contributed by atoms with Crippen LogP contribution in [0.15, 0.2) is 30.6 Å². The lowest BCUT2D eigenvalue weighted by Crippen LogP contribution is -2.12. The van der Waals surface area contributed by atoms with Gasteiger partial charge < -0.3 is 15.2 Å². The highest BCUT2D eigenvalue weighted by Crippen LogP contribution is 2.41. The summed E-state index contributed by atoms with van der Waals surface area (Å²) in [6.45, 7) is 5.91. The molecule has 26 heavy (non-hydrogen) atoms. The van der Waals surface area contributed by atoms with Gasteiger partial charge >= 0.3 is 0 Å². The zero-order valence-electron chi connectivity index (χ0n) is 15.3. The average Bonchev–Trinajstić information content (AvgIpc) is 3.07. The van der Waals surface area contributed by atoms with E-state index < -0.39 is 0 Å². The molecule has 0 fully saturated rings. The summed E-state index contributed by atoms with van der Waals surface area (Å²) in [5, 5.41) is 13.2. The number of aromatic nitrogens is 2. The largest absolute Gasteiger partial charge is 0.394 e. The Kier molecular flexibility index (Phi) is 6.55. The molecule has 0 spiro atoms. The zero-order valence-corrected chi connectivity index (χ0v) is 16.1. The predicted molar refractivity (Wildman–Crippen MR) is 108 cm³/mol. The fraction of sp³-hybridized carbons (Fsp3) is 0.400.